The van der Waals surface area contributed by atoms with Crippen LogP contribution in [0.2, 0.25) is 0 Å². The van der Waals surface area contributed by atoms with Gasteiger partial charge in [0.1, 0.15) is 5.01 Å². The third kappa shape index (κ3) is 5.79. The minimum Gasteiger partial charge on any atom is -0.311 e. The van der Waals surface area contributed by atoms with E-state index < -0.39 is 0 Å². The number of rotatable bonds is 7. The third-order valence-electron chi connectivity index (χ3n) is 9.93. The van der Waals surface area contributed by atoms with E-state index in [1.54, 1.807) is 11.3 Å². The molecule has 53 heavy (non-hydrogen) atoms. The number of thiazole rings is 1. The lowest BCUT2D eigenvalue weighted by molar-refractivity contribution is 1.28. The van der Waals surface area contributed by atoms with Crippen LogP contribution in [-0.2, 0) is 0 Å². The maximum atomic E-state index is 5.38. The van der Waals surface area contributed by atoms with Gasteiger partial charge in [-0.15, -0.1) is 22.7 Å². The molecule has 10 rings (SSSR count). The molecule has 0 radical (unpaired) electrons. The van der Waals surface area contributed by atoms with Gasteiger partial charge in [0.05, 0.1) is 10.2 Å². The highest BCUT2D eigenvalue weighted by Crippen LogP contribution is 2.47. The Morgan fingerprint density at radius 1 is 0.358 bits per heavy atom. The number of para-hydroxylation sites is 1. The van der Waals surface area contributed by atoms with Crippen LogP contribution < -0.4 is 4.90 Å². The van der Waals surface area contributed by atoms with Crippen molar-refractivity contribution in [2.45, 2.75) is 0 Å². The van der Waals surface area contributed by atoms with Crippen LogP contribution in [0.4, 0.5) is 17.1 Å². The van der Waals surface area contributed by atoms with E-state index in [9.17, 15) is 0 Å². The lowest BCUT2D eigenvalue weighted by Crippen LogP contribution is -2.09. The quantitative estimate of drug-likeness (QED) is 0.164. The summed E-state index contributed by atoms with van der Waals surface area (Å²) in [7, 11) is 0. The Bertz CT molecular complexity index is 2840. The summed E-state index contributed by atoms with van der Waals surface area (Å²) in [5, 5.41) is 3.62. The maximum Gasteiger partial charge on any atom is 0.124 e. The van der Waals surface area contributed by atoms with E-state index in [0.717, 1.165) is 33.1 Å². The van der Waals surface area contributed by atoms with Crippen molar-refractivity contribution in [3.63, 3.8) is 0 Å². The highest BCUT2D eigenvalue weighted by molar-refractivity contribution is 7.27. The average Bonchev–Trinajstić information content (AvgIpc) is 3.83. The van der Waals surface area contributed by atoms with Crippen LogP contribution >= 0.6 is 22.7 Å². The second-order valence-corrected chi connectivity index (χ2v) is 15.2. The molecule has 0 aliphatic heterocycles. The van der Waals surface area contributed by atoms with Gasteiger partial charge in [-0.1, -0.05) is 146 Å². The first-order chi connectivity index (χ1) is 26.3. The Labute approximate surface area is 316 Å². The zero-order chi connectivity index (χ0) is 35.1. The van der Waals surface area contributed by atoms with E-state index >= 15 is 0 Å². The van der Waals surface area contributed by atoms with E-state index in [1.807, 2.05) is 11.3 Å². The van der Waals surface area contributed by atoms with Gasteiger partial charge in [0.25, 0.3) is 0 Å². The van der Waals surface area contributed by atoms with E-state index in [-0.39, 0.29) is 0 Å². The van der Waals surface area contributed by atoms with E-state index in [2.05, 4.69) is 199 Å². The van der Waals surface area contributed by atoms with Crippen molar-refractivity contribution >= 4 is 70.1 Å². The lowest BCUT2D eigenvalue weighted by Gasteiger charge is -2.26. The van der Waals surface area contributed by atoms with Gasteiger partial charge in [-0.3, -0.25) is 0 Å². The minimum absolute atomic E-state index is 1.04. The van der Waals surface area contributed by atoms with Gasteiger partial charge in [-0.25, -0.2) is 4.98 Å². The van der Waals surface area contributed by atoms with Gasteiger partial charge in [-0.2, -0.15) is 0 Å². The normalized spacial score (nSPS) is 11.4. The van der Waals surface area contributed by atoms with Crippen LogP contribution in [0.1, 0.15) is 0 Å². The van der Waals surface area contributed by atoms with Crippen molar-refractivity contribution in [2.24, 2.45) is 0 Å². The number of benzene rings is 8. The molecule has 2 aromatic heterocycles. The Morgan fingerprint density at radius 2 is 0.830 bits per heavy atom. The molecule has 0 atom stereocenters. The fraction of sp³-hybridized carbons (Fsp3) is 0. The van der Waals surface area contributed by atoms with Crippen molar-refractivity contribution in [2.75, 3.05) is 4.90 Å². The van der Waals surface area contributed by atoms with Crippen molar-refractivity contribution < 1.29 is 0 Å². The molecule has 0 saturated carbocycles. The van der Waals surface area contributed by atoms with Gasteiger partial charge < -0.3 is 4.90 Å². The molecule has 250 valence electrons. The number of hydrogen-bond donors (Lipinski definition) is 0. The molecule has 10 aromatic rings. The molecule has 0 bridgehead atoms. The second-order valence-electron chi connectivity index (χ2n) is 13.2. The number of hydrogen-bond acceptors (Lipinski definition) is 4. The van der Waals surface area contributed by atoms with Crippen molar-refractivity contribution in [3.8, 4) is 44.0 Å². The highest BCUT2D eigenvalue weighted by atomic mass is 32.1. The van der Waals surface area contributed by atoms with E-state index in [0.29, 0.717) is 0 Å². The molecular weight excluding hydrogens is 681 g/mol. The number of fused-ring (bicyclic) bond motifs is 4. The van der Waals surface area contributed by atoms with Crippen LogP contribution in [0.15, 0.2) is 194 Å². The summed E-state index contributed by atoms with van der Waals surface area (Å²) >= 11 is 3.64. The lowest BCUT2D eigenvalue weighted by atomic mass is 10.0. The fourth-order valence-electron chi connectivity index (χ4n) is 7.30. The van der Waals surface area contributed by atoms with Crippen LogP contribution in [0.3, 0.4) is 0 Å². The van der Waals surface area contributed by atoms with Gasteiger partial charge in [-0.05, 0) is 76.3 Å². The van der Waals surface area contributed by atoms with E-state index in [1.165, 1.54) is 58.3 Å². The van der Waals surface area contributed by atoms with E-state index in [4.69, 9.17) is 4.98 Å². The zero-order valence-corrected chi connectivity index (χ0v) is 30.3. The Hall–Kier alpha value is -6.33. The smallest absolute Gasteiger partial charge is 0.124 e. The number of anilines is 3. The molecule has 0 N–H and O–H groups in total. The molecule has 2 heterocycles. The monoisotopic (exact) mass is 712 g/mol. The van der Waals surface area contributed by atoms with Crippen LogP contribution in [0, 0.1) is 0 Å². The Kier molecular flexibility index (Phi) is 7.90. The number of aromatic nitrogens is 1. The molecule has 0 spiro atoms. The Balaban J connectivity index is 1.08. The first-order valence-corrected chi connectivity index (χ1v) is 19.4. The highest BCUT2D eigenvalue weighted by Gasteiger charge is 2.20. The summed E-state index contributed by atoms with van der Waals surface area (Å²) in [5.41, 5.74) is 12.7. The zero-order valence-electron chi connectivity index (χ0n) is 28.7. The minimum atomic E-state index is 1.04. The molecule has 0 fully saturated rings. The van der Waals surface area contributed by atoms with Crippen molar-refractivity contribution in [3.05, 3.63) is 194 Å². The third-order valence-corrected chi connectivity index (χ3v) is 12.2. The van der Waals surface area contributed by atoms with Gasteiger partial charge in [0.15, 0.2) is 0 Å². The molecule has 0 aliphatic carbocycles. The fourth-order valence-corrected chi connectivity index (χ4v) is 9.57. The molecule has 8 aromatic carbocycles. The van der Waals surface area contributed by atoms with Crippen LogP contribution in [0.25, 0.3) is 74.3 Å². The average molecular weight is 713 g/mol. The standard InChI is InChI=1S/C49H32N2S2/c1-4-12-33(13-5-1)35-20-22-38(23-21-35)49-50-47-45(53-49)32-43-42-18-10-11-19-44(42)52-48(43)46(47)37-26-30-41(31-27-37)51(39-16-8-3-9-17-39)40-28-24-36(25-29-40)34-14-6-2-7-15-34/h1-32H. The summed E-state index contributed by atoms with van der Waals surface area (Å²) in [5.74, 6) is 0. The van der Waals surface area contributed by atoms with Crippen LogP contribution in [0.5, 0.6) is 0 Å². The summed E-state index contributed by atoms with van der Waals surface area (Å²) in [6, 6.07) is 69.5. The maximum absolute atomic E-state index is 5.38. The second kappa shape index (κ2) is 13.3. The topological polar surface area (TPSA) is 16.1 Å². The molecule has 0 unspecified atom stereocenters. The largest absolute Gasteiger partial charge is 0.311 e. The Morgan fingerprint density at radius 3 is 1.45 bits per heavy atom. The molecule has 0 saturated heterocycles. The van der Waals surface area contributed by atoms with Gasteiger partial charge in [0.2, 0.25) is 0 Å². The molecular formula is C49H32N2S2. The summed E-state index contributed by atoms with van der Waals surface area (Å²) in [4.78, 5) is 7.71. The number of thiophene rings is 1. The first kappa shape index (κ1) is 31.4. The van der Waals surface area contributed by atoms with Crippen LogP contribution in [-0.4, -0.2) is 4.98 Å². The molecule has 4 heteroatoms. The molecule has 0 aliphatic rings. The van der Waals surface area contributed by atoms with Crippen molar-refractivity contribution in [1.82, 2.24) is 4.98 Å². The first-order valence-electron chi connectivity index (χ1n) is 17.8. The molecule has 2 nitrogen and oxygen atoms in total. The summed E-state index contributed by atoms with van der Waals surface area (Å²) in [6.07, 6.45) is 0. The van der Waals surface area contributed by atoms with Gasteiger partial charge in [0, 0.05) is 48.4 Å². The van der Waals surface area contributed by atoms with Gasteiger partial charge >= 0.3 is 0 Å². The SMILES string of the molecule is c1ccc(-c2ccc(-c3nc4c(-c5ccc(N(c6ccccc6)c6ccc(-c7ccccc7)cc6)cc5)c5sc6ccccc6c5cc4s3)cc2)cc1. The number of nitrogens with zero attached hydrogens (tertiary/aromatic N) is 2. The predicted octanol–water partition coefficient (Wildman–Crippen LogP) is 14.8. The summed E-state index contributed by atoms with van der Waals surface area (Å²) < 4.78 is 3.77. The van der Waals surface area contributed by atoms with Crippen molar-refractivity contribution in [1.29, 1.82) is 0 Å². The summed E-state index contributed by atoms with van der Waals surface area (Å²) in [6.45, 7) is 0. The predicted molar refractivity (Wildman–Crippen MR) is 229 cm³/mol. The molecule has 0 amide bonds.